The first-order valence-corrected chi connectivity index (χ1v) is 5.72. The molecule has 0 amide bonds. The maximum absolute atomic E-state index is 11.0. The van der Waals surface area contributed by atoms with E-state index in [9.17, 15) is 10.1 Å². The van der Waals surface area contributed by atoms with E-state index in [1.807, 2.05) is 12.1 Å². The molecule has 1 aromatic carbocycles. The van der Waals surface area contributed by atoms with E-state index < -0.39 is 4.92 Å². The van der Waals surface area contributed by atoms with Gasteiger partial charge in [-0.25, -0.2) is 9.97 Å². The lowest BCUT2D eigenvalue weighted by Crippen LogP contribution is -2.06. The van der Waals surface area contributed by atoms with Crippen LogP contribution in [0.5, 0.6) is 0 Å². The van der Waals surface area contributed by atoms with Gasteiger partial charge in [0.2, 0.25) is 11.6 Å². The van der Waals surface area contributed by atoms with Gasteiger partial charge in [-0.3, -0.25) is 10.1 Å². The molecule has 8 heteroatoms. The highest BCUT2D eigenvalue weighted by atomic mass is 16.6. The van der Waals surface area contributed by atoms with E-state index in [0.29, 0.717) is 12.3 Å². The molecule has 104 valence electrons. The molecule has 0 bridgehead atoms. The summed E-state index contributed by atoms with van der Waals surface area (Å²) in [7, 11) is 1.57. The molecule has 1 aromatic heterocycles. The molecule has 0 aliphatic heterocycles. The quantitative estimate of drug-likeness (QED) is 0.631. The first-order valence-electron chi connectivity index (χ1n) is 5.72. The van der Waals surface area contributed by atoms with Crippen LogP contribution in [0.4, 0.5) is 23.0 Å². The number of para-hydroxylation sites is 1. The first kappa shape index (κ1) is 13.7. The Morgan fingerprint density at radius 3 is 2.85 bits per heavy atom. The zero-order valence-electron chi connectivity index (χ0n) is 10.7. The third-order valence-corrected chi connectivity index (χ3v) is 2.60. The third-order valence-electron chi connectivity index (χ3n) is 2.60. The standard InChI is InChI=1S/C12H13N5O3/c1-20-6-8-4-2-3-5-9(8)16-12-10(17(18)19)11(13)14-7-15-12/h2-5,7H,6H2,1H3,(H3,13,14,15,16). The van der Waals surface area contributed by atoms with Crippen molar-refractivity contribution in [1.82, 2.24) is 9.97 Å². The number of anilines is 3. The summed E-state index contributed by atoms with van der Waals surface area (Å²) >= 11 is 0. The Morgan fingerprint density at radius 1 is 1.40 bits per heavy atom. The van der Waals surface area contributed by atoms with Gasteiger partial charge in [0.05, 0.1) is 11.5 Å². The van der Waals surface area contributed by atoms with E-state index in [1.165, 1.54) is 6.33 Å². The number of benzene rings is 1. The number of nitrogens with one attached hydrogen (secondary N) is 1. The van der Waals surface area contributed by atoms with Crippen molar-refractivity contribution in [3.63, 3.8) is 0 Å². The number of hydrogen-bond donors (Lipinski definition) is 2. The van der Waals surface area contributed by atoms with Crippen LogP contribution in [0.15, 0.2) is 30.6 Å². The normalized spacial score (nSPS) is 10.2. The minimum atomic E-state index is -0.614. The average Bonchev–Trinajstić information content (AvgIpc) is 2.41. The fourth-order valence-corrected chi connectivity index (χ4v) is 1.72. The molecule has 1 heterocycles. The summed E-state index contributed by atoms with van der Waals surface area (Å²) in [4.78, 5) is 17.9. The molecule has 2 aromatic rings. The Labute approximate surface area is 114 Å². The maximum atomic E-state index is 11.0. The number of rotatable bonds is 5. The van der Waals surface area contributed by atoms with E-state index in [2.05, 4.69) is 15.3 Å². The Bertz CT molecular complexity index is 632. The van der Waals surface area contributed by atoms with Crippen molar-refractivity contribution in [2.45, 2.75) is 6.61 Å². The predicted molar refractivity (Wildman–Crippen MR) is 73.5 cm³/mol. The fraction of sp³-hybridized carbons (Fsp3) is 0.167. The van der Waals surface area contributed by atoms with Crippen molar-refractivity contribution in [2.75, 3.05) is 18.2 Å². The Kier molecular flexibility index (Phi) is 4.06. The number of hydrogen-bond acceptors (Lipinski definition) is 7. The lowest BCUT2D eigenvalue weighted by atomic mass is 10.2. The van der Waals surface area contributed by atoms with Gasteiger partial charge in [-0.15, -0.1) is 0 Å². The molecular formula is C12H13N5O3. The minimum absolute atomic E-state index is 0.0473. The van der Waals surface area contributed by atoms with Gasteiger partial charge in [0.25, 0.3) is 0 Å². The second-order valence-electron chi connectivity index (χ2n) is 3.93. The van der Waals surface area contributed by atoms with Crippen LogP contribution in [0.3, 0.4) is 0 Å². The Balaban J connectivity index is 2.40. The van der Waals surface area contributed by atoms with Crippen molar-refractivity contribution in [2.24, 2.45) is 0 Å². The number of nitrogen functional groups attached to an aromatic ring is 1. The highest BCUT2D eigenvalue weighted by Gasteiger charge is 2.21. The Morgan fingerprint density at radius 2 is 2.15 bits per heavy atom. The largest absolute Gasteiger partial charge is 0.380 e. The van der Waals surface area contributed by atoms with Crippen molar-refractivity contribution < 1.29 is 9.66 Å². The van der Waals surface area contributed by atoms with Gasteiger partial charge in [-0.2, -0.15) is 0 Å². The highest BCUT2D eigenvalue weighted by Crippen LogP contribution is 2.30. The van der Waals surface area contributed by atoms with Crippen LogP contribution in [0.2, 0.25) is 0 Å². The van der Waals surface area contributed by atoms with Gasteiger partial charge in [0.15, 0.2) is 0 Å². The summed E-state index contributed by atoms with van der Waals surface area (Å²) in [5, 5.41) is 13.9. The van der Waals surface area contributed by atoms with Crippen LogP contribution in [0.1, 0.15) is 5.56 Å². The molecule has 0 spiro atoms. The summed E-state index contributed by atoms with van der Waals surface area (Å²) in [6.07, 6.45) is 1.17. The van der Waals surface area contributed by atoms with Gasteiger partial charge in [-0.1, -0.05) is 18.2 Å². The molecule has 20 heavy (non-hydrogen) atoms. The molecule has 0 radical (unpaired) electrons. The molecule has 8 nitrogen and oxygen atoms in total. The number of nitrogens with two attached hydrogens (primary N) is 1. The van der Waals surface area contributed by atoms with Crippen molar-refractivity contribution in [3.8, 4) is 0 Å². The molecule has 2 rings (SSSR count). The Hall–Kier alpha value is -2.74. The van der Waals surface area contributed by atoms with Gasteiger partial charge >= 0.3 is 5.69 Å². The van der Waals surface area contributed by atoms with Crippen molar-refractivity contribution in [3.05, 3.63) is 46.3 Å². The van der Waals surface area contributed by atoms with Gasteiger partial charge < -0.3 is 15.8 Å². The zero-order valence-corrected chi connectivity index (χ0v) is 10.7. The minimum Gasteiger partial charge on any atom is -0.380 e. The highest BCUT2D eigenvalue weighted by molar-refractivity contribution is 5.73. The predicted octanol–water partition coefficient (Wildman–Crippen LogP) is 1.86. The second-order valence-corrected chi connectivity index (χ2v) is 3.93. The number of ether oxygens (including phenoxy) is 1. The molecule has 0 unspecified atom stereocenters. The number of aromatic nitrogens is 2. The molecule has 0 fully saturated rings. The molecule has 0 atom stereocenters. The molecular weight excluding hydrogens is 262 g/mol. The summed E-state index contributed by atoms with van der Waals surface area (Å²) in [5.41, 5.74) is 6.68. The van der Waals surface area contributed by atoms with E-state index in [4.69, 9.17) is 10.5 Å². The maximum Gasteiger partial charge on any atom is 0.353 e. The van der Waals surface area contributed by atoms with Crippen LogP contribution < -0.4 is 11.1 Å². The third kappa shape index (κ3) is 2.81. The smallest absolute Gasteiger partial charge is 0.353 e. The topological polar surface area (TPSA) is 116 Å². The number of nitrogens with zero attached hydrogens (tertiary/aromatic N) is 3. The van der Waals surface area contributed by atoms with E-state index >= 15 is 0 Å². The molecule has 0 saturated carbocycles. The second kappa shape index (κ2) is 5.93. The van der Waals surface area contributed by atoms with Crippen molar-refractivity contribution >= 4 is 23.0 Å². The molecule has 0 saturated heterocycles. The fourth-order valence-electron chi connectivity index (χ4n) is 1.72. The van der Waals surface area contributed by atoms with Gasteiger partial charge in [-0.05, 0) is 6.07 Å². The average molecular weight is 275 g/mol. The van der Waals surface area contributed by atoms with Gasteiger partial charge in [0, 0.05) is 18.4 Å². The number of methoxy groups -OCH3 is 1. The lowest BCUT2D eigenvalue weighted by molar-refractivity contribution is -0.383. The van der Waals surface area contributed by atoms with Crippen LogP contribution in [-0.2, 0) is 11.3 Å². The van der Waals surface area contributed by atoms with Crippen LogP contribution >= 0.6 is 0 Å². The summed E-state index contributed by atoms with van der Waals surface area (Å²) in [6.45, 7) is 0.373. The van der Waals surface area contributed by atoms with Crippen LogP contribution in [0.25, 0.3) is 0 Å². The summed E-state index contributed by atoms with van der Waals surface area (Å²) in [5.74, 6) is -0.136. The first-order chi connectivity index (χ1) is 9.63. The molecule has 3 N–H and O–H groups in total. The van der Waals surface area contributed by atoms with Crippen LogP contribution in [-0.4, -0.2) is 22.0 Å². The monoisotopic (exact) mass is 275 g/mol. The number of nitro groups is 1. The van der Waals surface area contributed by atoms with E-state index in [-0.39, 0.29) is 17.3 Å². The lowest BCUT2D eigenvalue weighted by Gasteiger charge is -2.11. The van der Waals surface area contributed by atoms with Crippen molar-refractivity contribution in [1.29, 1.82) is 0 Å². The molecule has 0 aliphatic carbocycles. The summed E-state index contributed by atoms with van der Waals surface area (Å²) < 4.78 is 5.08. The van der Waals surface area contributed by atoms with E-state index in [0.717, 1.165) is 5.56 Å². The van der Waals surface area contributed by atoms with E-state index in [1.54, 1.807) is 19.2 Å². The van der Waals surface area contributed by atoms with Gasteiger partial charge in [0.1, 0.15) is 6.33 Å². The van der Waals surface area contributed by atoms with Crippen LogP contribution in [0, 0.1) is 10.1 Å². The SMILES string of the molecule is COCc1ccccc1Nc1ncnc(N)c1[N+](=O)[O-]. The molecule has 0 aliphatic rings. The summed E-state index contributed by atoms with van der Waals surface area (Å²) in [6, 6.07) is 7.28. The zero-order chi connectivity index (χ0) is 14.5.